The Labute approximate surface area is 126 Å². The van der Waals surface area contributed by atoms with Gasteiger partial charge in [0.05, 0.1) is 5.41 Å². The average Bonchev–Trinajstić information content (AvgIpc) is 2.41. The third kappa shape index (κ3) is 2.09. The molecule has 1 N–H and O–H groups in total. The van der Waals surface area contributed by atoms with Crippen molar-refractivity contribution in [2.45, 2.75) is 64.9 Å². The SMILES string of the molecule is CCC(C)(C)C(=O)OC1(C(=O)O)C2CC3CC(C2)CC1C3. The molecule has 118 valence electrons. The molecular formula is C17H26O4. The Hall–Kier alpha value is -1.06. The number of esters is 1. The van der Waals surface area contributed by atoms with Crippen molar-refractivity contribution in [3.05, 3.63) is 0 Å². The van der Waals surface area contributed by atoms with Gasteiger partial charge in [-0.05, 0) is 64.2 Å². The summed E-state index contributed by atoms with van der Waals surface area (Å²) < 4.78 is 5.79. The van der Waals surface area contributed by atoms with Crippen LogP contribution in [0.1, 0.15) is 59.3 Å². The van der Waals surface area contributed by atoms with Gasteiger partial charge in [-0.1, -0.05) is 6.92 Å². The molecule has 0 aromatic heterocycles. The van der Waals surface area contributed by atoms with Crippen LogP contribution in [0.3, 0.4) is 0 Å². The fourth-order valence-electron chi connectivity index (χ4n) is 4.88. The van der Waals surface area contributed by atoms with Crippen molar-refractivity contribution >= 4 is 11.9 Å². The first kappa shape index (κ1) is 14.9. The topological polar surface area (TPSA) is 63.6 Å². The molecule has 0 atom stereocenters. The molecule has 4 fully saturated rings. The van der Waals surface area contributed by atoms with Crippen LogP contribution in [0.5, 0.6) is 0 Å². The number of carbonyl (C=O) groups is 2. The Bertz CT molecular complexity index is 437. The van der Waals surface area contributed by atoms with Gasteiger partial charge in [-0.15, -0.1) is 0 Å². The van der Waals surface area contributed by atoms with Gasteiger partial charge in [-0.25, -0.2) is 4.79 Å². The Morgan fingerprint density at radius 1 is 1.10 bits per heavy atom. The third-order valence-corrected chi connectivity index (χ3v) is 6.38. The highest BCUT2D eigenvalue weighted by Gasteiger charge is 2.64. The Morgan fingerprint density at radius 2 is 1.57 bits per heavy atom. The molecule has 4 bridgehead atoms. The van der Waals surface area contributed by atoms with E-state index >= 15 is 0 Å². The summed E-state index contributed by atoms with van der Waals surface area (Å²) in [5.41, 5.74) is -1.87. The zero-order valence-corrected chi connectivity index (χ0v) is 13.2. The molecule has 4 aliphatic rings. The number of hydrogen-bond acceptors (Lipinski definition) is 3. The van der Waals surface area contributed by atoms with Gasteiger partial charge in [-0.3, -0.25) is 4.79 Å². The quantitative estimate of drug-likeness (QED) is 0.808. The van der Waals surface area contributed by atoms with Gasteiger partial charge in [0.25, 0.3) is 0 Å². The van der Waals surface area contributed by atoms with Crippen LogP contribution < -0.4 is 0 Å². The van der Waals surface area contributed by atoms with Crippen LogP contribution in [0.4, 0.5) is 0 Å². The van der Waals surface area contributed by atoms with Crippen molar-refractivity contribution in [3.63, 3.8) is 0 Å². The lowest BCUT2D eigenvalue weighted by molar-refractivity contribution is -0.226. The van der Waals surface area contributed by atoms with E-state index in [0.29, 0.717) is 18.3 Å². The first-order chi connectivity index (χ1) is 9.79. The minimum Gasteiger partial charge on any atom is -0.478 e. The van der Waals surface area contributed by atoms with E-state index in [2.05, 4.69) is 0 Å². The van der Waals surface area contributed by atoms with Crippen molar-refractivity contribution in [1.29, 1.82) is 0 Å². The Kier molecular flexibility index (Phi) is 3.34. The smallest absolute Gasteiger partial charge is 0.348 e. The monoisotopic (exact) mass is 294 g/mol. The van der Waals surface area contributed by atoms with E-state index < -0.39 is 17.0 Å². The van der Waals surface area contributed by atoms with Gasteiger partial charge in [0.1, 0.15) is 0 Å². The summed E-state index contributed by atoms with van der Waals surface area (Å²) in [6, 6.07) is 0. The summed E-state index contributed by atoms with van der Waals surface area (Å²) >= 11 is 0. The van der Waals surface area contributed by atoms with Crippen LogP contribution in [0.25, 0.3) is 0 Å². The Morgan fingerprint density at radius 3 is 1.95 bits per heavy atom. The second kappa shape index (κ2) is 4.72. The molecule has 4 aliphatic carbocycles. The molecule has 0 aromatic rings. The van der Waals surface area contributed by atoms with Gasteiger partial charge in [0.2, 0.25) is 5.60 Å². The lowest BCUT2D eigenvalue weighted by atomic mass is 9.49. The lowest BCUT2D eigenvalue weighted by Gasteiger charge is -2.58. The molecular weight excluding hydrogens is 268 g/mol. The van der Waals surface area contributed by atoms with E-state index in [4.69, 9.17) is 4.74 Å². The molecule has 0 saturated heterocycles. The first-order valence-corrected chi connectivity index (χ1v) is 8.26. The normalized spacial score (nSPS) is 41.1. The van der Waals surface area contributed by atoms with Gasteiger partial charge in [-0.2, -0.15) is 0 Å². The number of carbonyl (C=O) groups excluding carboxylic acids is 1. The third-order valence-electron chi connectivity index (χ3n) is 6.38. The van der Waals surface area contributed by atoms with E-state index in [9.17, 15) is 14.7 Å². The van der Waals surface area contributed by atoms with Gasteiger partial charge >= 0.3 is 11.9 Å². The van der Waals surface area contributed by atoms with E-state index in [1.165, 1.54) is 6.42 Å². The van der Waals surface area contributed by atoms with Crippen molar-refractivity contribution < 1.29 is 19.4 Å². The lowest BCUT2D eigenvalue weighted by Crippen LogP contribution is -2.64. The predicted molar refractivity (Wildman–Crippen MR) is 77.6 cm³/mol. The summed E-state index contributed by atoms with van der Waals surface area (Å²) in [5, 5.41) is 9.91. The van der Waals surface area contributed by atoms with E-state index in [-0.39, 0.29) is 17.8 Å². The van der Waals surface area contributed by atoms with Crippen molar-refractivity contribution in [2.24, 2.45) is 29.1 Å². The number of carboxylic acids is 1. The summed E-state index contributed by atoms with van der Waals surface area (Å²) in [4.78, 5) is 24.6. The molecule has 4 heteroatoms. The highest BCUT2D eigenvalue weighted by molar-refractivity contribution is 5.85. The highest BCUT2D eigenvalue weighted by atomic mass is 16.6. The van der Waals surface area contributed by atoms with Crippen LogP contribution in [0.15, 0.2) is 0 Å². The maximum Gasteiger partial charge on any atom is 0.348 e. The second-order valence-corrected chi connectivity index (χ2v) is 8.03. The number of aliphatic carboxylic acids is 1. The summed E-state index contributed by atoms with van der Waals surface area (Å²) in [5.74, 6) is 0.0675. The fraction of sp³-hybridized carbons (Fsp3) is 0.882. The maximum atomic E-state index is 12.5. The van der Waals surface area contributed by atoms with E-state index in [0.717, 1.165) is 25.7 Å². The molecule has 4 rings (SSSR count). The molecule has 0 spiro atoms. The molecule has 0 aliphatic heterocycles. The van der Waals surface area contributed by atoms with E-state index in [1.807, 2.05) is 20.8 Å². The van der Waals surface area contributed by atoms with Crippen LogP contribution >= 0.6 is 0 Å². The second-order valence-electron chi connectivity index (χ2n) is 8.03. The summed E-state index contributed by atoms with van der Waals surface area (Å²) in [7, 11) is 0. The standard InChI is InChI=1S/C17H26O4/c1-4-16(2,3)15(20)21-17(14(18)19)12-6-10-5-11(8-12)9-13(17)7-10/h10-13H,4-9H2,1-3H3,(H,18,19). The molecule has 0 unspecified atom stereocenters. The van der Waals surface area contributed by atoms with E-state index in [1.54, 1.807) is 0 Å². The Balaban J connectivity index is 1.91. The maximum absolute atomic E-state index is 12.5. The minimum atomic E-state index is -1.25. The molecule has 0 radical (unpaired) electrons. The predicted octanol–water partition coefficient (Wildman–Crippen LogP) is 3.25. The molecule has 0 aromatic carbocycles. The molecule has 21 heavy (non-hydrogen) atoms. The first-order valence-electron chi connectivity index (χ1n) is 8.26. The number of rotatable bonds is 4. The average molecular weight is 294 g/mol. The van der Waals surface area contributed by atoms with Gasteiger partial charge in [0.15, 0.2) is 0 Å². The molecule has 0 amide bonds. The minimum absolute atomic E-state index is 0.0165. The van der Waals surface area contributed by atoms with Crippen LogP contribution in [0.2, 0.25) is 0 Å². The number of carboxylic acid groups (broad SMARTS) is 1. The van der Waals surface area contributed by atoms with Gasteiger partial charge in [0, 0.05) is 11.8 Å². The number of ether oxygens (including phenoxy) is 1. The van der Waals surface area contributed by atoms with Crippen molar-refractivity contribution in [1.82, 2.24) is 0 Å². The summed E-state index contributed by atoms with van der Waals surface area (Å²) in [6.07, 6.45) is 5.57. The highest BCUT2D eigenvalue weighted by Crippen LogP contribution is 2.60. The van der Waals surface area contributed by atoms with Crippen LogP contribution in [-0.4, -0.2) is 22.6 Å². The molecule has 4 nitrogen and oxygen atoms in total. The van der Waals surface area contributed by atoms with Crippen molar-refractivity contribution in [3.8, 4) is 0 Å². The zero-order chi connectivity index (χ0) is 15.4. The number of hydrogen-bond donors (Lipinski definition) is 1. The van der Waals surface area contributed by atoms with Crippen LogP contribution in [0, 0.1) is 29.1 Å². The molecule has 0 heterocycles. The van der Waals surface area contributed by atoms with Crippen molar-refractivity contribution in [2.75, 3.05) is 0 Å². The molecule has 4 saturated carbocycles. The zero-order valence-electron chi connectivity index (χ0n) is 13.2. The summed E-state index contributed by atoms with van der Waals surface area (Å²) in [6.45, 7) is 5.60. The van der Waals surface area contributed by atoms with Gasteiger partial charge < -0.3 is 9.84 Å². The van der Waals surface area contributed by atoms with Crippen LogP contribution in [-0.2, 0) is 14.3 Å². The largest absolute Gasteiger partial charge is 0.478 e. The fourth-order valence-corrected chi connectivity index (χ4v) is 4.88.